The molecule has 4 nitrogen and oxygen atoms in total. The number of amides is 2. The zero-order valence-electron chi connectivity index (χ0n) is 17.5. The lowest BCUT2D eigenvalue weighted by Gasteiger charge is -2.32. The van der Waals surface area contributed by atoms with Crippen molar-refractivity contribution in [2.45, 2.75) is 50.4 Å². The molecule has 0 bridgehead atoms. The van der Waals surface area contributed by atoms with Crippen molar-refractivity contribution in [3.8, 4) is 12.3 Å². The van der Waals surface area contributed by atoms with Gasteiger partial charge in [-0.25, -0.2) is 8.78 Å². The highest BCUT2D eigenvalue weighted by Gasteiger charge is 2.37. The van der Waals surface area contributed by atoms with Crippen molar-refractivity contribution >= 4 is 17.5 Å². The van der Waals surface area contributed by atoms with Crippen molar-refractivity contribution in [1.82, 2.24) is 5.32 Å². The van der Waals surface area contributed by atoms with Crippen LogP contribution in [0, 0.1) is 24.0 Å². The third kappa shape index (κ3) is 5.51. The summed E-state index contributed by atoms with van der Waals surface area (Å²) in [6.45, 7) is 0. The number of terminal acetylenes is 1. The van der Waals surface area contributed by atoms with Gasteiger partial charge in [0.15, 0.2) is 11.6 Å². The first kappa shape index (κ1) is 24.2. The van der Waals surface area contributed by atoms with Crippen LogP contribution >= 0.6 is 0 Å². The Morgan fingerprint density at radius 3 is 2.36 bits per heavy atom. The lowest BCUT2D eigenvalue weighted by Crippen LogP contribution is -2.47. The van der Waals surface area contributed by atoms with Gasteiger partial charge in [0.1, 0.15) is 6.04 Å². The second-order valence-corrected chi connectivity index (χ2v) is 7.76. The summed E-state index contributed by atoms with van der Waals surface area (Å²) in [5, 5.41) is 2.73. The van der Waals surface area contributed by atoms with E-state index in [9.17, 15) is 31.5 Å². The molecule has 1 atom stereocenters. The molecule has 2 aromatic rings. The van der Waals surface area contributed by atoms with Crippen LogP contribution in [-0.2, 0) is 15.8 Å². The second kappa shape index (κ2) is 10.0. The molecule has 1 N–H and O–H groups in total. The average molecular weight is 464 g/mol. The summed E-state index contributed by atoms with van der Waals surface area (Å²) < 4.78 is 68.7. The van der Waals surface area contributed by atoms with Gasteiger partial charge in [-0.05, 0) is 43.0 Å². The number of anilines is 1. The fourth-order valence-corrected chi connectivity index (χ4v) is 3.94. The highest BCUT2D eigenvalue weighted by Crippen LogP contribution is 2.35. The summed E-state index contributed by atoms with van der Waals surface area (Å²) in [6.07, 6.45) is 4.48. The standard InChI is InChI=1S/C24H21F5N2O2/c1-2-20(32)31(17-11-6-8-15(14-17)24(27,28)29)22(18-12-7-13-19(25)21(18)26)23(33)30-16-9-4-3-5-10-16/h1,6-8,11-14,16,22H,3-5,9-10H2,(H,30,33). The molecule has 2 aromatic carbocycles. The van der Waals surface area contributed by atoms with Gasteiger partial charge < -0.3 is 5.32 Å². The van der Waals surface area contributed by atoms with Crippen molar-refractivity contribution in [3.63, 3.8) is 0 Å². The maximum Gasteiger partial charge on any atom is 0.416 e. The van der Waals surface area contributed by atoms with Crippen LogP contribution in [0.2, 0.25) is 0 Å². The van der Waals surface area contributed by atoms with Gasteiger partial charge in [-0.2, -0.15) is 13.2 Å². The summed E-state index contributed by atoms with van der Waals surface area (Å²) >= 11 is 0. The Labute approximate surface area is 187 Å². The third-order valence-corrected chi connectivity index (χ3v) is 5.53. The Morgan fingerprint density at radius 1 is 1.06 bits per heavy atom. The van der Waals surface area contributed by atoms with Crippen molar-refractivity contribution < 1.29 is 31.5 Å². The van der Waals surface area contributed by atoms with E-state index in [1.165, 1.54) is 0 Å². The van der Waals surface area contributed by atoms with Crippen LogP contribution in [0.5, 0.6) is 0 Å². The summed E-state index contributed by atoms with van der Waals surface area (Å²) in [5.74, 6) is -2.95. The van der Waals surface area contributed by atoms with Crippen LogP contribution in [0.15, 0.2) is 42.5 Å². The molecule has 0 saturated heterocycles. The van der Waals surface area contributed by atoms with Crippen LogP contribution in [0.1, 0.15) is 49.3 Å². The number of alkyl halides is 3. The minimum absolute atomic E-state index is 0.269. The van der Waals surface area contributed by atoms with Crippen molar-refractivity contribution in [2.24, 2.45) is 0 Å². The van der Waals surface area contributed by atoms with Crippen molar-refractivity contribution in [1.29, 1.82) is 0 Å². The fourth-order valence-electron chi connectivity index (χ4n) is 3.94. The fraction of sp³-hybridized carbons (Fsp3) is 0.333. The zero-order valence-corrected chi connectivity index (χ0v) is 17.5. The van der Waals surface area contributed by atoms with Crippen LogP contribution in [0.3, 0.4) is 0 Å². The van der Waals surface area contributed by atoms with Crippen LogP contribution in [0.4, 0.5) is 27.6 Å². The molecule has 9 heteroatoms. The monoisotopic (exact) mass is 464 g/mol. The van der Waals surface area contributed by atoms with E-state index >= 15 is 0 Å². The number of halogens is 5. The molecule has 0 spiro atoms. The number of nitrogens with zero attached hydrogens (tertiary/aromatic N) is 1. The predicted octanol–water partition coefficient (Wildman–Crippen LogP) is 5.14. The second-order valence-electron chi connectivity index (χ2n) is 7.76. The molecule has 1 unspecified atom stereocenters. The number of hydrogen-bond donors (Lipinski definition) is 1. The van der Waals surface area contributed by atoms with Gasteiger partial charge >= 0.3 is 12.1 Å². The Bertz CT molecular complexity index is 1070. The Kier molecular flexibility index (Phi) is 7.36. The Morgan fingerprint density at radius 2 is 1.73 bits per heavy atom. The van der Waals surface area contributed by atoms with Crippen molar-refractivity contribution in [2.75, 3.05) is 4.90 Å². The molecule has 0 aromatic heterocycles. The third-order valence-electron chi connectivity index (χ3n) is 5.53. The van der Waals surface area contributed by atoms with Crippen LogP contribution in [-0.4, -0.2) is 17.9 Å². The molecule has 1 aliphatic rings. The first-order valence-corrected chi connectivity index (χ1v) is 10.3. The van der Waals surface area contributed by atoms with Crippen LogP contribution in [0.25, 0.3) is 0 Å². The summed E-state index contributed by atoms with van der Waals surface area (Å²) in [4.78, 5) is 26.6. The van der Waals surface area contributed by atoms with Gasteiger partial charge in [0.25, 0.3) is 0 Å². The van der Waals surface area contributed by atoms with Gasteiger partial charge in [-0.3, -0.25) is 14.5 Å². The van der Waals surface area contributed by atoms with E-state index in [1.54, 1.807) is 5.92 Å². The van der Waals surface area contributed by atoms with E-state index < -0.39 is 46.8 Å². The lowest BCUT2D eigenvalue weighted by molar-refractivity contribution is -0.137. The van der Waals surface area contributed by atoms with E-state index in [1.807, 2.05) is 0 Å². The van der Waals surface area contributed by atoms with Crippen molar-refractivity contribution in [3.05, 3.63) is 65.2 Å². The molecule has 0 heterocycles. The molecule has 0 aliphatic heterocycles. The quantitative estimate of drug-likeness (QED) is 0.492. The van der Waals surface area contributed by atoms with E-state index in [2.05, 4.69) is 5.32 Å². The topological polar surface area (TPSA) is 49.4 Å². The molecule has 33 heavy (non-hydrogen) atoms. The number of carbonyl (C=O) groups is 2. The average Bonchev–Trinajstić information content (AvgIpc) is 2.79. The Hall–Kier alpha value is -3.41. The zero-order chi connectivity index (χ0) is 24.2. The first-order valence-electron chi connectivity index (χ1n) is 10.3. The summed E-state index contributed by atoms with van der Waals surface area (Å²) in [7, 11) is 0. The number of nitrogens with one attached hydrogen (secondary N) is 1. The van der Waals surface area contributed by atoms with Crippen LogP contribution < -0.4 is 10.2 Å². The highest BCUT2D eigenvalue weighted by atomic mass is 19.4. The molecule has 0 radical (unpaired) electrons. The summed E-state index contributed by atoms with van der Waals surface area (Å²) in [6, 6.07) is 4.55. The van der Waals surface area contributed by atoms with Gasteiger partial charge in [-0.15, -0.1) is 6.42 Å². The molecule has 1 fully saturated rings. The minimum Gasteiger partial charge on any atom is -0.351 e. The highest BCUT2D eigenvalue weighted by molar-refractivity contribution is 6.09. The van der Waals surface area contributed by atoms with E-state index in [0.717, 1.165) is 55.7 Å². The SMILES string of the molecule is C#CC(=O)N(c1cccc(C(F)(F)F)c1)C(C(=O)NC1CCCCC1)c1cccc(F)c1F. The van der Waals surface area contributed by atoms with E-state index in [0.29, 0.717) is 23.8 Å². The molecule has 2 amide bonds. The van der Waals surface area contributed by atoms with Gasteiger partial charge in [0, 0.05) is 17.3 Å². The maximum absolute atomic E-state index is 14.8. The normalized spacial score (nSPS) is 15.4. The molecule has 1 aliphatic carbocycles. The predicted molar refractivity (Wildman–Crippen MR) is 112 cm³/mol. The largest absolute Gasteiger partial charge is 0.416 e. The van der Waals surface area contributed by atoms with E-state index in [4.69, 9.17) is 6.42 Å². The molecular formula is C24H21F5N2O2. The number of hydrogen-bond acceptors (Lipinski definition) is 2. The molecule has 1 saturated carbocycles. The summed E-state index contributed by atoms with van der Waals surface area (Å²) in [5.41, 5.74) is -1.99. The number of benzene rings is 2. The lowest BCUT2D eigenvalue weighted by atomic mass is 9.94. The first-order chi connectivity index (χ1) is 15.6. The maximum atomic E-state index is 14.8. The molecule has 174 valence electrons. The van der Waals surface area contributed by atoms with Gasteiger partial charge in [0.2, 0.25) is 5.91 Å². The Balaban J connectivity index is 2.14. The van der Waals surface area contributed by atoms with E-state index in [-0.39, 0.29) is 11.7 Å². The molecular weight excluding hydrogens is 443 g/mol. The number of carbonyl (C=O) groups excluding carboxylic acids is 2. The number of rotatable bonds is 5. The van der Waals surface area contributed by atoms with Gasteiger partial charge in [0.05, 0.1) is 5.56 Å². The van der Waals surface area contributed by atoms with Gasteiger partial charge in [-0.1, -0.05) is 37.5 Å². The minimum atomic E-state index is -4.75. The smallest absolute Gasteiger partial charge is 0.351 e. The molecule has 3 rings (SSSR count).